The van der Waals surface area contributed by atoms with Gasteiger partial charge < -0.3 is 0 Å². The highest BCUT2D eigenvalue weighted by Crippen LogP contribution is 2.15. The molecule has 0 amide bonds. The summed E-state index contributed by atoms with van der Waals surface area (Å²) in [6, 6.07) is 10.5. The normalized spacial score (nSPS) is 10.6. The molecule has 1 aromatic heterocycles. The second kappa shape index (κ2) is 3.89. The van der Waals surface area contributed by atoms with Gasteiger partial charge in [-0.05, 0) is 25.0 Å². The van der Waals surface area contributed by atoms with Crippen molar-refractivity contribution in [3.05, 3.63) is 52.8 Å². The topological polar surface area (TPSA) is 17.8 Å². The van der Waals surface area contributed by atoms with Crippen molar-refractivity contribution < 1.29 is 0 Å². The molecule has 2 nitrogen and oxygen atoms in total. The van der Waals surface area contributed by atoms with E-state index in [1.165, 1.54) is 16.8 Å². The molecule has 0 atom stereocenters. The summed E-state index contributed by atoms with van der Waals surface area (Å²) in [5, 5.41) is 4.42. The van der Waals surface area contributed by atoms with Gasteiger partial charge in [-0.15, -0.1) is 0 Å². The number of nitrogens with zero attached hydrogens (tertiary/aromatic N) is 2. The van der Waals surface area contributed by atoms with Crippen LogP contribution in [0.4, 0.5) is 0 Å². The molecular weight excluding hydrogens is 184 g/mol. The zero-order valence-electron chi connectivity index (χ0n) is 9.49. The third-order valence-electron chi connectivity index (χ3n) is 2.88. The lowest BCUT2D eigenvalue weighted by atomic mass is 10.1. The molecule has 2 heteroatoms. The lowest BCUT2D eigenvalue weighted by Crippen LogP contribution is -2.00. The minimum atomic E-state index is 0.962. The van der Waals surface area contributed by atoms with Crippen LogP contribution in [-0.4, -0.2) is 9.78 Å². The molecule has 0 saturated carbocycles. The van der Waals surface area contributed by atoms with Crippen LogP contribution in [0.2, 0.25) is 0 Å². The smallest absolute Gasteiger partial charge is 0.0625 e. The Kier molecular flexibility index (Phi) is 2.58. The van der Waals surface area contributed by atoms with E-state index < -0.39 is 0 Å². The third-order valence-corrected chi connectivity index (χ3v) is 2.88. The summed E-state index contributed by atoms with van der Waals surface area (Å²) in [6.45, 7) is 4.20. The van der Waals surface area contributed by atoms with Crippen molar-refractivity contribution in [1.29, 1.82) is 0 Å². The van der Waals surface area contributed by atoms with E-state index in [-0.39, 0.29) is 0 Å². The maximum absolute atomic E-state index is 4.42. The van der Waals surface area contributed by atoms with Crippen molar-refractivity contribution in [2.75, 3.05) is 0 Å². The number of benzene rings is 1. The summed E-state index contributed by atoms with van der Waals surface area (Å²) >= 11 is 0. The summed E-state index contributed by atoms with van der Waals surface area (Å²) in [5.41, 5.74) is 5.08. The van der Waals surface area contributed by atoms with Gasteiger partial charge in [-0.2, -0.15) is 5.10 Å². The Hall–Kier alpha value is -1.57. The fourth-order valence-electron chi connectivity index (χ4n) is 1.85. The summed E-state index contributed by atoms with van der Waals surface area (Å²) in [5.74, 6) is 0. The molecule has 0 fully saturated rings. The quantitative estimate of drug-likeness (QED) is 0.728. The summed E-state index contributed by atoms with van der Waals surface area (Å²) in [7, 11) is 2.01. The molecule has 0 bridgehead atoms. The largest absolute Gasteiger partial charge is 0.272 e. The van der Waals surface area contributed by atoms with Gasteiger partial charge in [0, 0.05) is 19.2 Å². The maximum atomic E-state index is 4.42. The van der Waals surface area contributed by atoms with E-state index in [0.29, 0.717) is 0 Å². The molecule has 0 aliphatic heterocycles. The molecule has 15 heavy (non-hydrogen) atoms. The zero-order valence-corrected chi connectivity index (χ0v) is 9.49. The minimum absolute atomic E-state index is 0.962. The molecular formula is C13H16N2. The Morgan fingerprint density at radius 3 is 2.33 bits per heavy atom. The zero-order chi connectivity index (χ0) is 10.8. The number of hydrogen-bond donors (Lipinski definition) is 0. The van der Waals surface area contributed by atoms with Gasteiger partial charge in [0.15, 0.2) is 0 Å². The monoisotopic (exact) mass is 200 g/mol. The fourth-order valence-corrected chi connectivity index (χ4v) is 1.85. The molecule has 2 rings (SSSR count). The second-order valence-electron chi connectivity index (χ2n) is 3.94. The molecule has 0 aliphatic carbocycles. The summed E-state index contributed by atoms with van der Waals surface area (Å²) < 4.78 is 1.98. The highest BCUT2D eigenvalue weighted by Gasteiger charge is 2.08. The van der Waals surface area contributed by atoms with Gasteiger partial charge in [0.1, 0.15) is 0 Å². The lowest BCUT2D eigenvalue weighted by molar-refractivity contribution is 0.716. The average Bonchev–Trinajstić information content (AvgIpc) is 2.47. The van der Waals surface area contributed by atoms with E-state index in [4.69, 9.17) is 0 Å². The van der Waals surface area contributed by atoms with E-state index >= 15 is 0 Å². The molecule has 1 aromatic carbocycles. The standard InChI is InChI=1S/C13H16N2/c1-10-11(2)14-15(3)13(10)9-12-7-5-4-6-8-12/h4-8H,9H2,1-3H3. The minimum Gasteiger partial charge on any atom is -0.272 e. The van der Waals surface area contributed by atoms with Gasteiger partial charge in [-0.25, -0.2) is 0 Å². The lowest BCUT2D eigenvalue weighted by Gasteiger charge is -2.03. The van der Waals surface area contributed by atoms with Gasteiger partial charge in [-0.1, -0.05) is 30.3 Å². The van der Waals surface area contributed by atoms with E-state index in [2.05, 4.69) is 43.2 Å². The number of aromatic nitrogens is 2. The van der Waals surface area contributed by atoms with Crippen molar-refractivity contribution in [3.63, 3.8) is 0 Å². The predicted octanol–water partition coefficient (Wildman–Crippen LogP) is 2.63. The molecule has 0 saturated heterocycles. The van der Waals surface area contributed by atoms with Crippen molar-refractivity contribution in [2.24, 2.45) is 7.05 Å². The van der Waals surface area contributed by atoms with Gasteiger partial charge in [0.05, 0.1) is 5.69 Å². The first-order chi connectivity index (χ1) is 7.18. The van der Waals surface area contributed by atoms with Gasteiger partial charge in [-0.3, -0.25) is 4.68 Å². The molecule has 0 unspecified atom stereocenters. The number of rotatable bonds is 2. The van der Waals surface area contributed by atoms with Crippen LogP contribution in [0.3, 0.4) is 0 Å². The highest BCUT2D eigenvalue weighted by molar-refractivity contribution is 5.29. The van der Waals surface area contributed by atoms with Crippen molar-refractivity contribution in [3.8, 4) is 0 Å². The molecule has 0 radical (unpaired) electrons. The van der Waals surface area contributed by atoms with Gasteiger partial charge in [0.2, 0.25) is 0 Å². The Morgan fingerprint density at radius 1 is 1.13 bits per heavy atom. The first-order valence-corrected chi connectivity index (χ1v) is 5.21. The molecule has 78 valence electrons. The maximum Gasteiger partial charge on any atom is 0.0625 e. The Morgan fingerprint density at radius 2 is 1.80 bits per heavy atom. The van der Waals surface area contributed by atoms with E-state index in [1.807, 2.05) is 17.8 Å². The van der Waals surface area contributed by atoms with Crippen molar-refractivity contribution >= 4 is 0 Å². The molecule has 0 N–H and O–H groups in total. The Labute approximate surface area is 90.6 Å². The summed E-state index contributed by atoms with van der Waals surface area (Å²) in [4.78, 5) is 0. The number of aryl methyl sites for hydroxylation is 2. The average molecular weight is 200 g/mol. The van der Waals surface area contributed by atoms with Crippen LogP contribution in [0.1, 0.15) is 22.5 Å². The number of hydrogen-bond acceptors (Lipinski definition) is 1. The Balaban J connectivity index is 2.32. The summed E-state index contributed by atoms with van der Waals surface area (Å²) in [6.07, 6.45) is 0.962. The molecule has 0 aliphatic rings. The van der Waals surface area contributed by atoms with Gasteiger partial charge in [0.25, 0.3) is 0 Å². The van der Waals surface area contributed by atoms with E-state index in [0.717, 1.165) is 12.1 Å². The van der Waals surface area contributed by atoms with Crippen LogP contribution in [0, 0.1) is 13.8 Å². The van der Waals surface area contributed by atoms with Crippen LogP contribution < -0.4 is 0 Å². The molecule has 1 heterocycles. The van der Waals surface area contributed by atoms with Crippen LogP contribution in [0.5, 0.6) is 0 Å². The first-order valence-electron chi connectivity index (χ1n) is 5.21. The van der Waals surface area contributed by atoms with Crippen molar-refractivity contribution in [2.45, 2.75) is 20.3 Å². The SMILES string of the molecule is Cc1nn(C)c(Cc2ccccc2)c1C. The van der Waals surface area contributed by atoms with Gasteiger partial charge >= 0.3 is 0 Å². The van der Waals surface area contributed by atoms with E-state index in [9.17, 15) is 0 Å². The Bertz CT molecular complexity index is 455. The van der Waals surface area contributed by atoms with E-state index in [1.54, 1.807) is 0 Å². The third kappa shape index (κ3) is 1.94. The second-order valence-corrected chi connectivity index (χ2v) is 3.94. The van der Waals surface area contributed by atoms with Crippen LogP contribution in [0.15, 0.2) is 30.3 Å². The van der Waals surface area contributed by atoms with Crippen LogP contribution in [0.25, 0.3) is 0 Å². The fraction of sp³-hybridized carbons (Fsp3) is 0.308. The molecule has 2 aromatic rings. The van der Waals surface area contributed by atoms with Crippen molar-refractivity contribution in [1.82, 2.24) is 9.78 Å². The van der Waals surface area contributed by atoms with Crippen LogP contribution in [-0.2, 0) is 13.5 Å². The first kappa shape index (κ1) is 9.97. The molecule has 0 spiro atoms. The predicted molar refractivity (Wildman–Crippen MR) is 61.9 cm³/mol. The highest BCUT2D eigenvalue weighted by atomic mass is 15.3. The van der Waals surface area contributed by atoms with Crippen LogP contribution >= 0.6 is 0 Å².